The zero-order valence-corrected chi connectivity index (χ0v) is 12.1. The lowest BCUT2D eigenvalue weighted by Gasteiger charge is -2.07. The van der Waals surface area contributed by atoms with E-state index < -0.39 is 11.5 Å². The number of rotatable bonds is 2. The number of anilines is 1. The van der Waals surface area contributed by atoms with Crippen LogP contribution in [0.1, 0.15) is 16.1 Å². The molecule has 2 rings (SSSR count). The first-order valence-electron chi connectivity index (χ1n) is 5.43. The molecule has 0 atom stereocenters. The molecule has 0 spiro atoms. The van der Waals surface area contributed by atoms with Crippen molar-refractivity contribution in [1.29, 1.82) is 0 Å². The molecular weight excluding hydrogens is 362 g/mol. The third kappa shape index (κ3) is 3.19. The van der Waals surface area contributed by atoms with Gasteiger partial charge in [0.1, 0.15) is 11.4 Å². The summed E-state index contributed by atoms with van der Waals surface area (Å²) in [6.07, 6.45) is 0. The minimum absolute atomic E-state index is 0.0192. The van der Waals surface area contributed by atoms with Crippen molar-refractivity contribution < 1.29 is 9.18 Å². The van der Waals surface area contributed by atoms with Gasteiger partial charge < -0.3 is 10.3 Å². The highest BCUT2D eigenvalue weighted by Crippen LogP contribution is 2.19. The van der Waals surface area contributed by atoms with Crippen molar-refractivity contribution >= 4 is 34.2 Å². The SMILES string of the molecule is Cc1ccc(C(=O)Nc2ccc(F)cc2I)c(=O)[nH]1. The van der Waals surface area contributed by atoms with Crippen molar-refractivity contribution in [1.82, 2.24) is 4.98 Å². The van der Waals surface area contributed by atoms with E-state index in [2.05, 4.69) is 10.3 Å². The maximum absolute atomic E-state index is 12.9. The molecule has 6 heteroatoms. The van der Waals surface area contributed by atoms with Crippen LogP contribution in [0.3, 0.4) is 0 Å². The van der Waals surface area contributed by atoms with Crippen LogP contribution in [0.25, 0.3) is 0 Å². The van der Waals surface area contributed by atoms with Crippen LogP contribution < -0.4 is 10.9 Å². The molecule has 2 aromatic rings. The minimum Gasteiger partial charge on any atom is -0.326 e. The van der Waals surface area contributed by atoms with Crippen molar-refractivity contribution in [3.05, 3.63) is 61.3 Å². The summed E-state index contributed by atoms with van der Waals surface area (Å²) in [5.41, 5.74) is 0.713. The van der Waals surface area contributed by atoms with Crippen LogP contribution >= 0.6 is 22.6 Å². The molecule has 0 fully saturated rings. The van der Waals surface area contributed by atoms with Crippen LogP contribution in [-0.4, -0.2) is 10.9 Å². The number of aromatic amines is 1. The Labute approximate surface area is 122 Å². The number of amides is 1. The second kappa shape index (κ2) is 5.52. The van der Waals surface area contributed by atoms with Gasteiger partial charge in [0.15, 0.2) is 0 Å². The molecule has 0 aliphatic carbocycles. The molecule has 2 N–H and O–H groups in total. The van der Waals surface area contributed by atoms with E-state index in [1.54, 1.807) is 13.0 Å². The zero-order chi connectivity index (χ0) is 14.0. The highest BCUT2D eigenvalue weighted by atomic mass is 127. The van der Waals surface area contributed by atoms with Gasteiger partial charge in [0.25, 0.3) is 11.5 Å². The summed E-state index contributed by atoms with van der Waals surface area (Å²) >= 11 is 1.91. The van der Waals surface area contributed by atoms with E-state index in [4.69, 9.17) is 0 Å². The number of pyridine rings is 1. The second-order valence-electron chi connectivity index (χ2n) is 3.96. The Morgan fingerprint density at radius 3 is 2.68 bits per heavy atom. The van der Waals surface area contributed by atoms with E-state index in [0.29, 0.717) is 15.0 Å². The van der Waals surface area contributed by atoms with Crippen LogP contribution in [0.15, 0.2) is 35.1 Å². The van der Waals surface area contributed by atoms with Gasteiger partial charge in [0, 0.05) is 9.26 Å². The van der Waals surface area contributed by atoms with Gasteiger partial charge in [-0.05, 0) is 59.8 Å². The summed E-state index contributed by atoms with van der Waals surface area (Å²) in [6, 6.07) is 7.11. The number of H-pyrrole nitrogens is 1. The fourth-order valence-corrected chi connectivity index (χ4v) is 2.14. The van der Waals surface area contributed by atoms with Crippen molar-refractivity contribution in [2.24, 2.45) is 0 Å². The molecule has 0 unspecified atom stereocenters. The third-order valence-corrected chi connectivity index (χ3v) is 3.37. The Morgan fingerprint density at radius 1 is 1.32 bits per heavy atom. The minimum atomic E-state index is -0.522. The number of hydrogen-bond acceptors (Lipinski definition) is 2. The Kier molecular flexibility index (Phi) is 3.98. The van der Waals surface area contributed by atoms with Crippen molar-refractivity contribution in [2.45, 2.75) is 6.92 Å². The van der Waals surface area contributed by atoms with Gasteiger partial charge in [-0.15, -0.1) is 0 Å². The molecule has 98 valence electrons. The standard InChI is InChI=1S/C13H10FIN2O2/c1-7-2-4-9(12(18)16-7)13(19)17-11-5-3-8(14)6-10(11)15/h2-6H,1H3,(H,16,18)(H,17,19). The molecule has 19 heavy (non-hydrogen) atoms. The van der Waals surface area contributed by atoms with Gasteiger partial charge in [-0.25, -0.2) is 4.39 Å². The number of nitrogens with one attached hydrogen (secondary N) is 2. The lowest BCUT2D eigenvalue weighted by atomic mass is 10.2. The van der Waals surface area contributed by atoms with Crippen LogP contribution in [0.4, 0.5) is 10.1 Å². The molecular formula is C13H10FIN2O2. The quantitative estimate of drug-likeness (QED) is 0.797. The van der Waals surface area contributed by atoms with Crippen molar-refractivity contribution in [3.8, 4) is 0 Å². The summed E-state index contributed by atoms with van der Waals surface area (Å²) in [5.74, 6) is -0.902. The summed E-state index contributed by atoms with van der Waals surface area (Å²) in [6.45, 7) is 1.73. The van der Waals surface area contributed by atoms with Crippen LogP contribution in [0.2, 0.25) is 0 Å². The Hall–Kier alpha value is -1.70. The fraction of sp³-hybridized carbons (Fsp3) is 0.0769. The first-order valence-corrected chi connectivity index (χ1v) is 6.51. The molecule has 0 saturated carbocycles. The second-order valence-corrected chi connectivity index (χ2v) is 5.12. The Bertz CT molecular complexity index is 697. The maximum atomic E-state index is 12.9. The van der Waals surface area contributed by atoms with Gasteiger partial charge in [-0.1, -0.05) is 0 Å². The van der Waals surface area contributed by atoms with Gasteiger partial charge in [0.2, 0.25) is 0 Å². The van der Waals surface area contributed by atoms with Crippen LogP contribution in [0.5, 0.6) is 0 Å². The molecule has 1 aromatic heterocycles. The maximum Gasteiger partial charge on any atom is 0.261 e. The van der Waals surface area contributed by atoms with Gasteiger partial charge in [-0.2, -0.15) is 0 Å². The van der Waals surface area contributed by atoms with Crippen LogP contribution in [0, 0.1) is 16.3 Å². The van der Waals surface area contributed by atoms with E-state index in [0.717, 1.165) is 0 Å². The van der Waals surface area contributed by atoms with E-state index in [-0.39, 0.29) is 11.4 Å². The molecule has 4 nitrogen and oxygen atoms in total. The molecule has 1 aromatic carbocycles. The first-order chi connectivity index (χ1) is 8.97. The fourth-order valence-electron chi connectivity index (χ4n) is 1.53. The molecule has 1 heterocycles. The lowest BCUT2D eigenvalue weighted by molar-refractivity contribution is 0.102. The van der Waals surface area contributed by atoms with E-state index in [9.17, 15) is 14.0 Å². The summed E-state index contributed by atoms with van der Waals surface area (Å²) in [7, 11) is 0. The predicted molar refractivity (Wildman–Crippen MR) is 78.9 cm³/mol. The number of halogens is 2. The number of benzene rings is 1. The van der Waals surface area contributed by atoms with Gasteiger partial charge in [-0.3, -0.25) is 9.59 Å². The average molecular weight is 372 g/mol. The molecule has 0 bridgehead atoms. The smallest absolute Gasteiger partial charge is 0.261 e. The zero-order valence-electron chi connectivity index (χ0n) is 9.96. The number of carbonyl (C=O) groups excluding carboxylic acids is 1. The average Bonchev–Trinajstić information content (AvgIpc) is 2.32. The predicted octanol–water partition coefficient (Wildman–Crippen LogP) is 2.68. The number of aryl methyl sites for hydroxylation is 1. The van der Waals surface area contributed by atoms with Crippen molar-refractivity contribution in [3.63, 3.8) is 0 Å². The number of carbonyl (C=O) groups is 1. The largest absolute Gasteiger partial charge is 0.326 e. The molecule has 0 aliphatic rings. The topological polar surface area (TPSA) is 62.0 Å². The summed E-state index contributed by atoms with van der Waals surface area (Å²) < 4.78 is 13.5. The molecule has 0 saturated heterocycles. The summed E-state index contributed by atoms with van der Waals surface area (Å²) in [4.78, 5) is 26.1. The highest BCUT2D eigenvalue weighted by molar-refractivity contribution is 14.1. The lowest BCUT2D eigenvalue weighted by Crippen LogP contribution is -2.23. The summed E-state index contributed by atoms with van der Waals surface area (Å²) in [5, 5.41) is 2.58. The van der Waals surface area contributed by atoms with E-state index in [1.807, 2.05) is 22.6 Å². The van der Waals surface area contributed by atoms with E-state index >= 15 is 0 Å². The first kappa shape index (κ1) is 13.7. The third-order valence-electron chi connectivity index (χ3n) is 2.48. The normalized spacial score (nSPS) is 10.3. The van der Waals surface area contributed by atoms with Crippen LogP contribution in [-0.2, 0) is 0 Å². The Morgan fingerprint density at radius 2 is 2.05 bits per heavy atom. The van der Waals surface area contributed by atoms with Crippen molar-refractivity contribution in [2.75, 3.05) is 5.32 Å². The molecule has 1 amide bonds. The number of hydrogen-bond donors (Lipinski definition) is 2. The number of aromatic nitrogens is 1. The Balaban J connectivity index is 2.28. The van der Waals surface area contributed by atoms with E-state index in [1.165, 1.54) is 24.3 Å². The monoisotopic (exact) mass is 372 g/mol. The molecule has 0 aliphatic heterocycles. The van der Waals surface area contributed by atoms with Gasteiger partial charge >= 0.3 is 0 Å². The highest BCUT2D eigenvalue weighted by Gasteiger charge is 2.12. The molecule has 0 radical (unpaired) electrons. The van der Waals surface area contributed by atoms with Gasteiger partial charge in [0.05, 0.1) is 5.69 Å².